The predicted octanol–water partition coefficient (Wildman–Crippen LogP) is 5.20. The number of aliphatic carboxylic acids is 2. The Kier molecular flexibility index (Phi) is 10.7. The van der Waals surface area contributed by atoms with Gasteiger partial charge in [-0.25, -0.2) is 9.37 Å². The number of thiophene rings is 1. The van der Waals surface area contributed by atoms with Crippen molar-refractivity contribution in [2.24, 2.45) is 11.8 Å². The molecule has 0 radical (unpaired) electrons. The smallest absolute Gasteiger partial charge is 0.306 e. The monoisotopic (exact) mass is 666 g/mol. The van der Waals surface area contributed by atoms with Crippen LogP contribution in [-0.4, -0.2) is 71.2 Å². The molecule has 15 heteroatoms. The zero-order valence-electron chi connectivity index (χ0n) is 25.0. The molecule has 45 heavy (non-hydrogen) atoms. The molecule has 4 rings (SSSR count). The number of carbonyl (C=O) groups excluding carboxylic acids is 2. The average Bonchev–Trinajstić information content (AvgIpc) is 3.64. The van der Waals surface area contributed by atoms with E-state index in [1.54, 1.807) is 12.1 Å². The van der Waals surface area contributed by atoms with Crippen LogP contribution in [0, 0.1) is 17.7 Å². The molecule has 2 aromatic heterocycles. The number of rotatable bonds is 15. The highest BCUT2D eigenvalue weighted by atomic mass is 35.5. The molecule has 0 saturated heterocycles. The summed E-state index contributed by atoms with van der Waals surface area (Å²) in [4.78, 5) is 53.6. The summed E-state index contributed by atoms with van der Waals surface area (Å²) in [6.45, 7) is 3.00. The van der Waals surface area contributed by atoms with E-state index in [1.807, 2.05) is 0 Å². The molecule has 0 fully saturated rings. The van der Waals surface area contributed by atoms with E-state index < -0.39 is 35.5 Å². The molecular formula is C30H32ClFN2O10S. The van der Waals surface area contributed by atoms with Gasteiger partial charge in [0.25, 0.3) is 5.88 Å². The maximum atomic E-state index is 15.4. The lowest BCUT2D eigenvalue weighted by atomic mass is 10.0. The summed E-state index contributed by atoms with van der Waals surface area (Å²) in [7, 11) is 2.72. The molecule has 2 N–H and O–H groups in total. The number of Topliss-reactive ketones (excluding diaryl/α,β-unsaturated/α-hetero) is 1. The summed E-state index contributed by atoms with van der Waals surface area (Å²) >= 11 is 7.78. The largest absolute Gasteiger partial charge is 0.491 e. The summed E-state index contributed by atoms with van der Waals surface area (Å²) < 4.78 is 38.4. The standard InChI is InChI=1S/C30H32ClFN2O10S/c1-14(29(37)38)8-19(35)22-10-18-21(45-22)11-20(41-3)28(33-18)44-7-5-6-43-26-24(31)16-12-34(23(36)9-15(2)30(39)40)13-17(16)25(32)27(26)42-4/h10-11,14-15H,5-9,12-13H2,1-4H3,(H,37,38)(H,39,40). The molecule has 1 aliphatic heterocycles. The van der Waals surface area contributed by atoms with Gasteiger partial charge in [-0.2, -0.15) is 0 Å². The Labute approximate surface area is 266 Å². The predicted molar refractivity (Wildman–Crippen MR) is 161 cm³/mol. The van der Waals surface area contributed by atoms with Crippen molar-refractivity contribution in [3.63, 3.8) is 0 Å². The van der Waals surface area contributed by atoms with Crippen molar-refractivity contribution in [2.75, 3.05) is 27.4 Å². The first-order chi connectivity index (χ1) is 21.4. The highest BCUT2D eigenvalue weighted by Gasteiger charge is 2.34. The maximum absolute atomic E-state index is 15.4. The third kappa shape index (κ3) is 7.39. The molecule has 3 aromatic rings. The Morgan fingerprint density at radius 2 is 1.62 bits per heavy atom. The number of carbonyl (C=O) groups is 4. The van der Waals surface area contributed by atoms with E-state index in [1.165, 1.54) is 44.3 Å². The number of pyridine rings is 1. The van der Waals surface area contributed by atoms with Crippen LogP contribution in [0.1, 0.15) is 53.9 Å². The SMILES string of the molecule is COc1cc2sc(C(=O)CC(C)C(=O)O)cc2nc1OCCCOc1c(Cl)c2c(c(F)c1OC)CN(C(=O)CC(C)C(=O)O)C2. The fourth-order valence-corrected chi connectivity index (χ4v) is 5.95. The number of carboxylic acids is 2. The molecule has 1 aliphatic rings. The number of ether oxygens (including phenoxy) is 4. The first kappa shape index (κ1) is 33.7. The minimum absolute atomic E-state index is 0.00213. The Morgan fingerprint density at radius 1 is 0.978 bits per heavy atom. The van der Waals surface area contributed by atoms with Crippen molar-refractivity contribution < 1.29 is 52.7 Å². The summed E-state index contributed by atoms with van der Waals surface area (Å²) in [6, 6.07) is 3.27. The third-order valence-corrected chi connectivity index (χ3v) is 8.79. The van der Waals surface area contributed by atoms with E-state index in [0.29, 0.717) is 32.8 Å². The lowest BCUT2D eigenvalue weighted by Gasteiger charge is -2.17. The quantitative estimate of drug-likeness (QED) is 0.162. The average molecular weight is 667 g/mol. The topological polar surface area (TPSA) is 162 Å². The number of hydrogen-bond acceptors (Lipinski definition) is 10. The van der Waals surface area contributed by atoms with Crippen LogP contribution in [0.3, 0.4) is 0 Å². The van der Waals surface area contributed by atoms with Gasteiger partial charge < -0.3 is 34.1 Å². The van der Waals surface area contributed by atoms with Crippen LogP contribution in [0.15, 0.2) is 12.1 Å². The second kappa shape index (κ2) is 14.3. The summed E-state index contributed by atoms with van der Waals surface area (Å²) in [6.07, 6.45) is -0.0411. The van der Waals surface area contributed by atoms with E-state index in [0.717, 1.165) is 0 Å². The maximum Gasteiger partial charge on any atom is 0.306 e. The van der Waals surface area contributed by atoms with E-state index in [-0.39, 0.29) is 72.9 Å². The molecule has 12 nitrogen and oxygen atoms in total. The number of aromatic nitrogens is 1. The van der Waals surface area contributed by atoms with Gasteiger partial charge in [0.15, 0.2) is 28.8 Å². The number of halogens is 2. The van der Waals surface area contributed by atoms with Gasteiger partial charge in [0, 0.05) is 49.5 Å². The molecule has 2 atom stereocenters. The third-order valence-electron chi connectivity index (χ3n) is 7.27. The van der Waals surface area contributed by atoms with E-state index in [9.17, 15) is 19.2 Å². The first-order valence-electron chi connectivity index (χ1n) is 13.9. The molecule has 0 bridgehead atoms. The van der Waals surface area contributed by atoms with E-state index in [4.69, 9.17) is 40.8 Å². The van der Waals surface area contributed by atoms with Crippen molar-refractivity contribution in [1.29, 1.82) is 0 Å². The first-order valence-corrected chi connectivity index (χ1v) is 15.1. The van der Waals surface area contributed by atoms with Crippen LogP contribution in [0.2, 0.25) is 5.02 Å². The lowest BCUT2D eigenvalue weighted by molar-refractivity contribution is -0.145. The van der Waals surface area contributed by atoms with Gasteiger partial charge in [-0.1, -0.05) is 25.4 Å². The second-order valence-electron chi connectivity index (χ2n) is 10.5. The van der Waals surface area contributed by atoms with Gasteiger partial charge in [-0.15, -0.1) is 11.3 Å². The number of fused-ring (bicyclic) bond motifs is 2. The molecule has 3 heterocycles. The van der Waals surface area contributed by atoms with Crippen molar-refractivity contribution in [2.45, 2.75) is 46.2 Å². The van der Waals surface area contributed by atoms with Crippen LogP contribution in [-0.2, 0) is 27.5 Å². The number of ketones is 1. The number of hydrogen-bond donors (Lipinski definition) is 2. The van der Waals surface area contributed by atoms with Crippen LogP contribution in [0.4, 0.5) is 4.39 Å². The summed E-state index contributed by atoms with van der Waals surface area (Å²) in [5.41, 5.74) is 1.05. The van der Waals surface area contributed by atoms with Gasteiger partial charge in [0.1, 0.15) is 0 Å². The number of carboxylic acid groups (broad SMARTS) is 2. The molecule has 242 valence electrons. The van der Waals surface area contributed by atoms with Crippen molar-refractivity contribution in [3.8, 4) is 23.1 Å². The van der Waals surface area contributed by atoms with Crippen molar-refractivity contribution >= 4 is 56.8 Å². The molecule has 2 unspecified atom stereocenters. The minimum atomic E-state index is -1.10. The number of nitrogens with zero attached hydrogens (tertiary/aromatic N) is 2. The van der Waals surface area contributed by atoms with Gasteiger partial charge >= 0.3 is 11.9 Å². The van der Waals surface area contributed by atoms with Gasteiger partial charge in [0.05, 0.1) is 59.4 Å². The fraction of sp³-hybridized carbons (Fsp3) is 0.433. The van der Waals surface area contributed by atoms with Crippen LogP contribution < -0.4 is 18.9 Å². The van der Waals surface area contributed by atoms with Crippen molar-refractivity contribution in [1.82, 2.24) is 9.88 Å². The van der Waals surface area contributed by atoms with Gasteiger partial charge in [-0.3, -0.25) is 19.2 Å². The highest BCUT2D eigenvalue weighted by molar-refractivity contribution is 7.20. The van der Waals surface area contributed by atoms with E-state index in [2.05, 4.69) is 4.98 Å². The van der Waals surface area contributed by atoms with Crippen LogP contribution >= 0.6 is 22.9 Å². The summed E-state index contributed by atoms with van der Waals surface area (Å²) in [5.74, 6) is -4.99. The number of methoxy groups -OCH3 is 2. The van der Waals surface area contributed by atoms with Gasteiger partial charge in [-0.05, 0) is 6.07 Å². The summed E-state index contributed by atoms with van der Waals surface area (Å²) in [5, 5.41) is 18.3. The number of benzene rings is 1. The molecule has 0 aliphatic carbocycles. The molecule has 0 saturated carbocycles. The number of amides is 1. The van der Waals surface area contributed by atoms with Crippen molar-refractivity contribution in [3.05, 3.63) is 39.0 Å². The Hall–Kier alpha value is -4.17. The minimum Gasteiger partial charge on any atom is -0.491 e. The fourth-order valence-electron chi connectivity index (χ4n) is 4.66. The normalized spacial score (nSPS) is 13.7. The molecule has 0 spiro atoms. The van der Waals surface area contributed by atoms with Crippen LogP contribution in [0.5, 0.6) is 23.1 Å². The van der Waals surface area contributed by atoms with Gasteiger partial charge in [0.2, 0.25) is 5.91 Å². The zero-order chi connectivity index (χ0) is 33.0. The second-order valence-corrected chi connectivity index (χ2v) is 12.0. The van der Waals surface area contributed by atoms with Crippen LogP contribution in [0.25, 0.3) is 10.2 Å². The molecule has 1 aromatic carbocycles. The molecular weight excluding hydrogens is 635 g/mol. The Bertz CT molecular complexity index is 1640. The zero-order valence-corrected chi connectivity index (χ0v) is 26.6. The molecule has 1 amide bonds. The Morgan fingerprint density at radius 3 is 2.27 bits per heavy atom. The highest BCUT2D eigenvalue weighted by Crippen LogP contribution is 2.46. The van der Waals surface area contributed by atoms with E-state index >= 15 is 4.39 Å². The lowest BCUT2D eigenvalue weighted by Crippen LogP contribution is -2.28. The Balaban J connectivity index is 1.40.